The molecule has 0 heterocycles. The van der Waals surface area contributed by atoms with Gasteiger partial charge in [0.2, 0.25) is 0 Å². The number of carbonyl (C=O) groups excluding carboxylic acids is 2. The van der Waals surface area contributed by atoms with Crippen LogP contribution in [0.15, 0.2) is 48.5 Å². The van der Waals surface area contributed by atoms with E-state index in [0.717, 1.165) is 6.42 Å². The number of rotatable bonds is 8. The molecule has 2 aromatic carbocycles. The molecule has 5 nitrogen and oxygen atoms in total. The monoisotopic (exact) mass is 355 g/mol. The molecule has 0 aliphatic rings. The van der Waals surface area contributed by atoms with Crippen LogP contribution in [0.2, 0.25) is 0 Å². The van der Waals surface area contributed by atoms with Crippen molar-refractivity contribution in [2.24, 2.45) is 0 Å². The fraction of sp³-hybridized carbons (Fsp3) is 0.333. The van der Waals surface area contributed by atoms with Gasteiger partial charge in [-0.3, -0.25) is 4.79 Å². The Hall–Kier alpha value is -2.82. The van der Waals surface area contributed by atoms with E-state index in [-0.39, 0.29) is 12.5 Å². The van der Waals surface area contributed by atoms with Gasteiger partial charge in [-0.25, -0.2) is 4.79 Å². The predicted molar refractivity (Wildman–Crippen MR) is 102 cm³/mol. The van der Waals surface area contributed by atoms with Crippen LogP contribution in [0.3, 0.4) is 0 Å². The normalized spacial score (nSPS) is 11.5. The summed E-state index contributed by atoms with van der Waals surface area (Å²) in [6.07, 6.45) is 1.06. The molecule has 1 N–H and O–H groups in total. The average Bonchev–Trinajstić information content (AvgIpc) is 2.67. The first-order chi connectivity index (χ1) is 12.5. The van der Waals surface area contributed by atoms with Crippen LogP contribution in [0.5, 0.6) is 5.75 Å². The van der Waals surface area contributed by atoms with Crippen molar-refractivity contribution < 1.29 is 19.1 Å². The van der Waals surface area contributed by atoms with Crippen LogP contribution in [0, 0.1) is 0 Å². The van der Waals surface area contributed by atoms with E-state index in [1.165, 1.54) is 5.56 Å². The van der Waals surface area contributed by atoms with E-state index in [4.69, 9.17) is 9.47 Å². The fourth-order valence-electron chi connectivity index (χ4n) is 2.40. The Morgan fingerprint density at radius 2 is 1.65 bits per heavy atom. The SMILES string of the molecule is CCOc1ccc(C(=O)OCC(=O)Nc2ccc([C@@H](C)CC)cc2)cc1. The number of anilines is 1. The van der Waals surface area contributed by atoms with E-state index in [2.05, 4.69) is 19.2 Å². The quantitative estimate of drug-likeness (QED) is 0.713. The van der Waals surface area contributed by atoms with Crippen molar-refractivity contribution in [1.29, 1.82) is 0 Å². The summed E-state index contributed by atoms with van der Waals surface area (Å²) >= 11 is 0. The second-order valence-corrected chi connectivity index (χ2v) is 6.01. The Labute approximate surface area is 154 Å². The minimum atomic E-state index is -0.546. The number of nitrogens with one attached hydrogen (secondary N) is 1. The third-order valence-electron chi connectivity index (χ3n) is 4.11. The fourth-order valence-corrected chi connectivity index (χ4v) is 2.40. The largest absolute Gasteiger partial charge is 0.494 e. The van der Waals surface area contributed by atoms with E-state index < -0.39 is 5.97 Å². The topological polar surface area (TPSA) is 64.6 Å². The van der Waals surface area contributed by atoms with Crippen molar-refractivity contribution in [2.75, 3.05) is 18.5 Å². The highest BCUT2D eigenvalue weighted by Crippen LogP contribution is 2.20. The van der Waals surface area contributed by atoms with Gasteiger partial charge >= 0.3 is 5.97 Å². The number of carbonyl (C=O) groups is 2. The Balaban J connectivity index is 1.83. The molecule has 2 aromatic rings. The van der Waals surface area contributed by atoms with Gasteiger partial charge in [0.05, 0.1) is 12.2 Å². The summed E-state index contributed by atoms with van der Waals surface area (Å²) in [5.41, 5.74) is 2.28. The number of hydrogen-bond donors (Lipinski definition) is 1. The van der Waals surface area contributed by atoms with Crippen LogP contribution in [0.1, 0.15) is 49.0 Å². The van der Waals surface area contributed by atoms with Gasteiger partial charge in [-0.15, -0.1) is 0 Å². The van der Waals surface area contributed by atoms with Crippen molar-refractivity contribution in [1.82, 2.24) is 0 Å². The van der Waals surface area contributed by atoms with Crippen LogP contribution >= 0.6 is 0 Å². The maximum atomic E-state index is 12.0. The lowest BCUT2D eigenvalue weighted by Gasteiger charge is -2.11. The number of benzene rings is 2. The van der Waals surface area contributed by atoms with E-state index in [0.29, 0.717) is 29.5 Å². The predicted octanol–water partition coefficient (Wildman–Crippen LogP) is 4.39. The van der Waals surface area contributed by atoms with Crippen molar-refractivity contribution in [2.45, 2.75) is 33.1 Å². The number of esters is 1. The molecule has 1 amide bonds. The average molecular weight is 355 g/mol. The van der Waals surface area contributed by atoms with Crippen LogP contribution < -0.4 is 10.1 Å². The van der Waals surface area contributed by atoms with Crippen LogP contribution in [-0.2, 0) is 9.53 Å². The first kappa shape index (κ1) is 19.5. The Bertz CT molecular complexity index is 723. The molecule has 0 saturated heterocycles. The van der Waals surface area contributed by atoms with Gasteiger partial charge in [-0.1, -0.05) is 26.0 Å². The molecule has 0 aromatic heterocycles. The van der Waals surface area contributed by atoms with Crippen LogP contribution in [0.25, 0.3) is 0 Å². The molecule has 0 saturated carbocycles. The summed E-state index contributed by atoms with van der Waals surface area (Å²) in [6, 6.07) is 14.3. The lowest BCUT2D eigenvalue weighted by molar-refractivity contribution is -0.119. The van der Waals surface area contributed by atoms with Gasteiger partial charge in [0, 0.05) is 5.69 Å². The minimum absolute atomic E-state index is 0.334. The number of amides is 1. The zero-order valence-corrected chi connectivity index (χ0v) is 15.5. The molecule has 0 aliphatic carbocycles. The molecule has 0 spiro atoms. The molecule has 0 unspecified atom stereocenters. The third kappa shape index (κ3) is 5.62. The molecule has 0 aliphatic heterocycles. The van der Waals surface area contributed by atoms with Crippen LogP contribution in [-0.4, -0.2) is 25.1 Å². The van der Waals surface area contributed by atoms with Crippen molar-refractivity contribution in [3.8, 4) is 5.75 Å². The maximum absolute atomic E-state index is 12.0. The molecular formula is C21H25NO4. The summed E-state index contributed by atoms with van der Waals surface area (Å²) in [7, 11) is 0. The van der Waals surface area contributed by atoms with Crippen LogP contribution in [0.4, 0.5) is 5.69 Å². The molecule has 2 rings (SSSR count). The van der Waals surface area contributed by atoms with Gasteiger partial charge in [0.1, 0.15) is 5.75 Å². The highest BCUT2D eigenvalue weighted by Gasteiger charge is 2.11. The standard InChI is InChI=1S/C21H25NO4/c1-4-15(3)16-6-10-18(11-7-16)22-20(23)14-26-21(24)17-8-12-19(13-9-17)25-5-2/h6-13,15H,4-5,14H2,1-3H3,(H,22,23)/t15-/m0/s1. The zero-order valence-electron chi connectivity index (χ0n) is 15.5. The lowest BCUT2D eigenvalue weighted by Crippen LogP contribution is -2.20. The Morgan fingerprint density at radius 1 is 1.00 bits per heavy atom. The molecule has 0 bridgehead atoms. The van der Waals surface area contributed by atoms with Gasteiger partial charge < -0.3 is 14.8 Å². The van der Waals surface area contributed by atoms with Gasteiger partial charge in [0.25, 0.3) is 5.91 Å². The van der Waals surface area contributed by atoms with Crippen molar-refractivity contribution >= 4 is 17.6 Å². The smallest absolute Gasteiger partial charge is 0.338 e. The first-order valence-electron chi connectivity index (χ1n) is 8.83. The number of hydrogen-bond acceptors (Lipinski definition) is 4. The molecule has 1 atom stereocenters. The summed E-state index contributed by atoms with van der Waals surface area (Å²) in [5, 5.41) is 2.72. The molecule has 26 heavy (non-hydrogen) atoms. The Morgan fingerprint density at radius 3 is 2.23 bits per heavy atom. The molecule has 138 valence electrons. The van der Waals surface area contributed by atoms with Gasteiger partial charge in [0.15, 0.2) is 6.61 Å². The molecule has 0 radical (unpaired) electrons. The van der Waals surface area contributed by atoms with Gasteiger partial charge in [-0.05, 0) is 61.2 Å². The second kappa shape index (κ2) is 9.61. The lowest BCUT2D eigenvalue weighted by atomic mass is 9.99. The van der Waals surface area contributed by atoms with E-state index in [1.807, 2.05) is 31.2 Å². The maximum Gasteiger partial charge on any atom is 0.338 e. The highest BCUT2D eigenvalue weighted by atomic mass is 16.5. The highest BCUT2D eigenvalue weighted by molar-refractivity contribution is 5.95. The van der Waals surface area contributed by atoms with Crippen molar-refractivity contribution in [3.63, 3.8) is 0 Å². The minimum Gasteiger partial charge on any atom is -0.494 e. The summed E-state index contributed by atoms with van der Waals surface area (Å²) in [4.78, 5) is 23.9. The summed E-state index contributed by atoms with van der Waals surface area (Å²) in [6.45, 7) is 6.41. The molecular weight excluding hydrogens is 330 g/mol. The van der Waals surface area contributed by atoms with E-state index >= 15 is 0 Å². The van der Waals surface area contributed by atoms with Crippen molar-refractivity contribution in [3.05, 3.63) is 59.7 Å². The molecule has 5 heteroatoms. The van der Waals surface area contributed by atoms with E-state index in [9.17, 15) is 9.59 Å². The first-order valence-corrected chi connectivity index (χ1v) is 8.83. The molecule has 0 fully saturated rings. The summed E-state index contributed by atoms with van der Waals surface area (Å²) < 4.78 is 10.4. The van der Waals surface area contributed by atoms with Gasteiger partial charge in [-0.2, -0.15) is 0 Å². The second-order valence-electron chi connectivity index (χ2n) is 6.01. The summed E-state index contributed by atoms with van der Waals surface area (Å²) in [5.74, 6) is 0.244. The number of ether oxygens (including phenoxy) is 2. The van der Waals surface area contributed by atoms with E-state index in [1.54, 1.807) is 24.3 Å². The Kier molecular flexibility index (Phi) is 7.21. The third-order valence-corrected chi connectivity index (χ3v) is 4.11. The zero-order chi connectivity index (χ0) is 18.9.